The van der Waals surface area contributed by atoms with E-state index in [-0.39, 0.29) is 12.1 Å². The lowest BCUT2D eigenvalue weighted by molar-refractivity contribution is 0.0490. The molecule has 1 N–H and O–H groups in total. The van der Waals surface area contributed by atoms with Gasteiger partial charge < -0.3 is 15.0 Å². The maximum Gasteiger partial charge on any atom is 0.407 e. The summed E-state index contributed by atoms with van der Waals surface area (Å²) in [4.78, 5) is 18.2. The molecule has 0 spiro atoms. The number of benzene rings is 1. The zero-order valence-electron chi connectivity index (χ0n) is 15.8. The van der Waals surface area contributed by atoms with Crippen LogP contribution in [-0.4, -0.2) is 73.1 Å². The maximum atomic E-state index is 12.2. The highest BCUT2D eigenvalue weighted by atomic mass is 32.2. The van der Waals surface area contributed by atoms with Gasteiger partial charge in [-0.25, -0.2) is 4.79 Å². The molecule has 1 fully saturated rings. The summed E-state index contributed by atoms with van der Waals surface area (Å²) in [6.45, 7) is 10.8. The third kappa shape index (κ3) is 8.12. The minimum atomic E-state index is -0.477. The number of ether oxygens (including phenoxy) is 1. The highest BCUT2D eigenvalue weighted by molar-refractivity contribution is 7.99. The van der Waals surface area contributed by atoms with Crippen LogP contribution >= 0.6 is 11.8 Å². The van der Waals surface area contributed by atoms with Crippen LogP contribution in [0.25, 0.3) is 0 Å². The fraction of sp³-hybridized carbons (Fsp3) is 0.632. The molecule has 0 saturated carbocycles. The van der Waals surface area contributed by atoms with Crippen LogP contribution in [0.1, 0.15) is 20.8 Å². The normalized spacial score (nSPS) is 17.9. The highest BCUT2D eigenvalue weighted by Gasteiger charge is 2.23. The average Bonchev–Trinajstić information content (AvgIpc) is 2.54. The van der Waals surface area contributed by atoms with Crippen LogP contribution in [0.2, 0.25) is 0 Å². The molecule has 1 aromatic carbocycles. The number of amides is 1. The third-order valence-electron chi connectivity index (χ3n) is 3.99. The minimum absolute atomic E-state index is 0.0588. The van der Waals surface area contributed by atoms with Gasteiger partial charge in [0, 0.05) is 43.4 Å². The van der Waals surface area contributed by atoms with Crippen LogP contribution in [0, 0.1) is 0 Å². The van der Waals surface area contributed by atoms with Gasteiger partial charge in [-0.3, -0.25) is 4.90 Å². The van der Waals surface area contributed by atoms with E-state index in [2.05, 4.69) is 34.3 Å². The number of carbonyl (C=O) groups excluding carboxylic acids is 1. The predicted molar refractivity (Wildman–Crippen MR) is 104 cm³/mol. The number of piperazine rings is 1. The number of nitrogens with zero attached hydrogens (tertiary/aromatic N) is 2. The molecule has 140 valence electrons. The molecule has 1 aliphatic rings. The largest absolute Gasteiger partial charge is 0.444 e. The van der Waals surface area contributed by atoms with Gasteiger partial charge in [0.25, 0.3) is 0 Å². The summed E-state index contributed by atoms with van der Waals surface area (Å²) in [6, 6.07) is 10.4. The Bertz CT molecular complexity index is 525. The van der Waals surface area contributed by atoms with Crippen LogP contribution in [0.3, 0.4) is 0 Å². The van der Waals surface area contributed by atoms with Gasteiger partial charge in [0.15, 0.2) is 0 Å². The van der Waals surface area contributed by atoms with E-state index in [0.29, 0.717) is 0 Å². The number of rotatable bonds is 6. The molecule has 0 bridgehead atoms. The molecule has 1 saturated heterocycles. The summed E-state index contributed by atoms with van der Waals surface area (Å²) in [5.74, 6) is 0.829. The van der Waals surface area contributed by atoms with E-state index in [4.69, 9.17) is 4.74 Å². The molecule has 6 heteroatoms. The SMILES string of the molecule is CN1CCN(C[C@H](CSc2ccccc2)NC(=O)OC(C)(C)C)CC1. The zero-order valence-corrected chi connectivity index (χ0v) is 16.6. The summed E-state index contributed by atoms with van der Waals surface area (Å²) in [6.07, 6.45) is -0.333. The number of carbonyl (C=O) groups is 1. The molecular formula is C19H31N3O2S. The smallest absolute Gasteiger partial charge is 0.407 e. The van der Waals surface area contributed by atoms with Crippen molar-refractivity contribution in [1.29, 1.82) is 0 Å². The van der Waals surface area contributed by atoms with Crippen molar-refractivity contribution in [3.63, 3.8) is 0 Å². The second-order valence-corrected chi connectivity index (χ2v) is 8.66. The van der Waals surface area contributed by atoms with Gasteiger partial charge in [0.1, 0.15) is 5.60 Å². The number of nitrogens with one attached hydrogen (secondary N) is 1. The Morgan fingerprint density at radius 2 is 1.84 bits per heavy atom. The fourth-order valence-corrected chi connectivity index (χ4v) is 3.60. The molecule has 0 aromatic heterocycles. The van der Waals surface area contributed by atoms with Crippen molar-refractivity contribution in [1.82, 2.24) is 15.1 Å². The Morgan fingerprint density at radius 1 is 1.20 bits per heavy atom. The van der Waals surface area contributed by atoms with Gasteiger partial charge in [0.2, 0.25) is 0 Å². The monoisotopic (exact) mass is 365 g/mol. The van der Waals surface area contributed by atoms with E-state index in [9.17, 15) is 4.79 Å². The Balaban J connectivity index is 1.91. The van der Waals surface area contributed by atoms with Crippen molar-refractivity contribution < 1.29 is 9.53 Å². The van der Waals surface area contributed by atoms with E-state index < -0.39 is 5.60 Å². The molecule has 1 aliphatic heterocycles. The Hall–Kier alpha value is -1.24. The molecule has 1 amide bonds. The molecule has 1 atom stereocenters. The van der Waals surface area contributed by atoms with Gasteiger partial charge in [-0.15, -0.1) is 11.8 Å². The quantitative estimate of drug-likeness (QED) is 0.786. The Labute approximate surface area is 156 Å². The summed E-state index contributed by atoms with van der Waals surface area (Å²) in [5, 5.41) is 3.07. The first-order valence-electron chi connectivity index (χ1n) is 8.90. The second kappa shape index (κ2) is 9.46. The maximum absolute atomic E-state index is 12.2. The lowest BCUT2D eigenvalue weighted by Crippen LogP contribution is -2.51. The van der Waals surface area contributed by atoms with Gasteiger partial charge in [-0.2, -0.15) is 0 Å². The first-order valence-corrected chi connectivity index (χ1v) is 9.88. The number of thioether (sulfide) groups is 1. The van der Waals surface area contributed by atoms with E-state index in [1.54, 1.807) is 11.8 Å². The third-order valence-corrected chi connectivity index (χ3v) is 5.16. The van der Waals surface area contributed by atoms with Crippen molar-refractivity contribution in [2.24, 2.45) is 0 Å². The summed E-state index contributed by atoms with van der Waals surface area (Å²) in [5.41, 5.74) is -0.477. The van der Waals surface area contributed by atoms with Crippen molar-refractivity contribution in [2.45, 2.75) is 37.3 Å². The zero-order chi connectivity index (χ0) is 18.3. The average molecular weight is 366 g/mol. The lowest BCUT2D eigenvalue weighted by atomic mass is 10.2. The molecule has 0 radical (unpaired) electrons. The molecule has 1 heterocycles. The molecule has 0 unspecified atom stereocenters. The van der Waals surface area contributed by atoms with Crippen molar-refractivity contribution in [2.75, 3.05) is 45.5 Å². The molecule has 1 aromatic rings. The van der Waals surface area contributed by atoms with E-state index in [1.165, 1.54) is 4.90 Å². The van der Waals surface area contributed by atoms with E-state index in [0.717, 1.165) is 38.5 Å². The van der Waals surface area contributed by atoms with Crippen LogP contribution < -0.4 is 5.32 Å². The van der Waals surface area contributed by atoms with Crippen molar-refractivity contribution in [3.05, 3.63) is 30.3 Å². The predicted octanol–water partition coefficient (Wildman–Crippen LogP) is 2.92. The lowest BCUT2D eigenvalue weighted by Gasteiger charge is -2.35. The van der Waals surface area contributed by atoms with Gasteiger partial charge in [-0.05, 0) is 40.0 Å². The first kappa shape index (κ1) is 20.1. The minimum Gasteiger partial charge on any atom is -0.444 e. The van der Waals surface area contributed by atoms with E-state index >= 15 is 0 Å². The number of likely N-dealkylation sites (N-methyl/N-ethyl adjacent to an activating group) is 1. The molecule has 0 aliphatic carbocycles. The number of hydrogen-bond acceptors (Lipinski definition) is 5. The highest BCUT2D eigenvalue weighted by Crippen LogP contribution is 2.19. The number of hydrogen-bond donors (Lipinski definition) is 1. The Kier molecular flexibility index (Phi) is 7.59. The van der Waals surface area contributed by atoms with Gasteiger partial charge >= 0.3 is 6.09 Å². The van der Waals surface area contributed by atoms with Crippen molar-refractivity contribution >= 4 is 17.9 Å². The van der Waals surface area contributed by atoms with Gasteiger partial charge in [-0.1, -0.05) is 18.2 Å². The van der Waals surface area contributed by atoms with Crippen molar-refractivity contribution in [3.8, 4) is 0 Å². The van der Waals surface area contributed by atoms with Crippen LogP contribution in [-0.2, 0) is 4.74 Å². The standard InChI is InChI=1S/C19H31N3O2S/c1-19(2,3)24-18(23)20-16(14-22-12-10-21(4)11-13-22)15-25-17-8-6-5-7-9-17/h5-9,16H,10-15H2,1-4H3,(H,20,23)/t16-/m1/s1. The van der Waals surface area contributed by atoms with Gasteiger partial charge in [0.05, 0.1) is 6.04 Å². The van der Waals surface area contributed by atoms with Crippen LogP contribution in [0.15, 0.2) is 35.2 Å². The molecular weight excluding hydrogens is 334 g/mol. The second-order valence-electron chi connectivity index (χ2n) is 7.57. The molecule has 25 heavy (non-hydrogen) atoms. The molecule has 5 nitrogen and oxygen atoms in total. The fourth-order valence-electron chi connectivity index (χ4n) is 2.67. The van der Waals surface area contributed by atoms with Crippen LogP contribution in [0.4, 0.5) is 4.79 Å². The number of alkyl carbamates (subject to hydrolysis) is 1. The summed E-state index contributed by atoms with van der Waals surface area (Å²) in [7, 11) is 2.15. The molecule has 2 rings (SSSR count). The first-order chi connectivity index (χ1) is 11.8. The summed E-state index contributed by atoms with van der Waals surface area (Å²) >= 11 is 1.77. The van der Waals surface area contributed by atoms with E-state index in [1.807, 2.05) is 39.0 Å². The topological polar surface area (TPSA) is 44.8 Å². The Morgan fingerprint density at radius 3 is 2.44 bits per heavy atom. The van der Waals surface area contributed by atoms with Crippen LogP contribution in [0.5, 0.6) is 0 Å². The summed E-state index contributed by atoms with van der Waals surface area (Å²) < 4.78 is 5.44.